The molecule has 2 amide bonds. The average Bonchev–Trinajstić information content (AvgIpc) is 3.24. The molecule has 1 aliphatic rings. The molecule has 8 heteroatoms. The minimum atomic E-state index is 0.0402. The minimum absolute atomic E-state index is 0.0402. The Balaban J connectivity index is 1.31. The molecule has 1 aliphatic heterocycles. The Labute approximate surface area is 184 Å². The van der Waals surface area contributed by atoms with Crippen molar-refractivity contribution < 1.29 is 9.59 Å². The molecule has 0 radical (unpaired) electrons. The number of aromatic nitrogens is 2. The van der Waals surface area contributed by atoms with Gasteiger partial charge in [0.1, 0.15) is 0 Å². The molecule has 168 valence electrons. The third-order valence-electron chi connectivity index (χ3n) is 5.61. The summed E-state index contributed by atoms with van der Waals surface area (Å²) in [6.07, 6.45) is 5.52. The highest BCUT2D eigenvalue weighted by Crippen LogP contribution is 2.08. The van der Waals surface area contributed by atoms with Gasteiger partial charge in [0.05, 0.1) is 25.0 Å². The van der Waals surface area contributed by atoms with Crippen LogP contribution in [0.2, 0.25) is 0 Å². The molecule has 8 nitrogen and oxygen atoms in total. The first-order chi connectivity index (χ1) is 15.0. The van der Waals surface area contributed by atoms with Crippen LogP contribution in [0.5, 0.6) is 0 Å². The molecule has 1 unspecified atom stereocenters. The fraction of sp³-hybridized carbons (Fsp3) is 0.522. The van der Waals surface area contributed by atoms with Gasteiger partial charge >= 0.3 is 0 Å². The largest absolute Gasteiger partial charge is 0.355 e. The van der Waals surface area contributed by atoms with E-state index in [-0.39, 0.29) is 17.9 Å². The normalized spacial score (nSPS) is 16.1. The van der Waals surface area contributed by atoms with Gasteiger partial charge in [-0.15, -0.1) is 0 Å². The minimum Gasteiger partial charge on any atom is -0.355 e. The van der Waals surface area contributed by atoms with Crippen molar-refractivity contribution in [1.29, 1.82) is 0 Å². The lowest BCUT2D eigenvalue weighted by Gasteiger charge is -2.34. The lowest BCUT2D eigenvalue weighted by Crippen LogP contribution is -2.52. The zero-order chi connectivity index (χ0) is 22.1. The lowest BCUT2D eigenvalue weighted by atomic mass is 10.2. The van der Waals surface area contributed by atoms with Crippen LogP contribution in [0.4, 0.5) is 0 Å². The number of carbonyl (C=O) groups excluding carboxylic acids is 2. The molecule has 2 heterocycles. The van der Waals surface area contributed by atoms with Crippen LogP contribution in [0.15, 0.2) is 42.7 Å². The summed E-state index contributed by atoms with van der Waals surface area (Å²) in [5, 5.41) is 10.4. The Morgan fingerprint density at radius 2 is 1.68 bits per heavy atom. The molecule has 1 fully saturated rings. The highest BCUT2D eigenvalue weighted by Gasteiger charge is 2.20. The van der Waals surface area contributed by atoms with Crippen molar-refractivity contribution in [2.75, 3.05) is 45.8 Å². The van der Waals surface area contributed by atoms with Crippen molar-refractivity contribution in [3.8, 4) is 5.69 Å². The first kappa shape index (κ1) is 23.0. The molecule has 0 spiro atoms. The van der Waals surface area contributed by atoms with E-state index < -0.39 is 0 Å². The van der Waals surface area contributed by atoms with Crippen LogP contribution in [0.25, 0.3) is 5.69 Å². The molecule has 0 bridgehead atoms. The fourth-order valence-corrected chi connectivity index (χ4v) is 3.55. The van der Waals surface area contributed by atoms with Gasteiger partial charge in [-0.25, -0.2) is 4.68 Å². The molecule has 0 saturated carbocycles. The van der Waals surface area contributed by atoms with Crippen LogP contribution in [-0.2, 0) is 16.0 Å². The van der Waals surface area contributed by atoms with Crippen molar-refractivity contribution in [2.24, 2.45) is 0 Å². The second kappa shape index (κ2) is 11.6. The molecular weight excluding hydrogens is 392 g/mol. The predicted octanol–water partition coefficient (Wildman–Crippen LogP) is 1.06. The van der Waals surface area contributed by atoms with Gasteiger partial charge in [0.15, 0.2) is 0 Å². The van der Waals surface area contributed by atoms with E-state index in [1.54, 1.807) is 0 Å². The van der Waals surface area contributed by atoms with E-state index in [0.29, 0.717) is 19.6 Å². The number of para-hydroxylation sites is 1. The Morgan fingerprint density at radius 3 is 2.32 bits per heavy atom. The van der Waals surface area contributed by atoms with Crippen LogP contribution >= 0.6 is 0 Å². The number of rotatable bonds is 10. The predicted molar refractivity (Wildman–Crippen MR) is 121 cm³/mol. The molecule has 3 rings (SSSR count). The fourth-order valence-electron chi connectivity index (χ4n) is 3.55. The van der Waals surface area contributed by atoms with Gasteiger partial charge in [0, 0.05) is 45.0 Å². The van der Waals surface area contributed by atoms with Crippen LogP contribution < -0.4 is 10.6 Å². The maximum Gasteiger partial charge on any atom is 0.234 e. The zero-order valence-electron chi connectivity index (χ0n) is 18.6. The second-order valence-corrected chi connectivity index (χ2v) is 8.16. The molecule has 1 saturated heterocycles. The standard InChI is InChI=1S/C23H34N6O2/c1-3-19(2)26-23(31)18-28-13-11-27(12-14-28)17-22(30)24-10-9-20-15-25-29(16-20)21-7-5-4-6-8-21/h4-8,15-16,19H,3,9-14,17-18H2,1-2H3,(H,24,30)(H,26,31). The smallest absolute Gasteiger partial charge is 0.234 e. The summed E-state index contributed by atoms with van der Waals surface area (Å²) in [6.45, 7) is 8.71. The van der Waals surface area contributed by atoms with Crippen molar-refractivity contribution in [3.05, 3.63) is 48.3 Å². The van der Waals surface area contributed by atoms with Crippen LogP contribution in [0.3, 0.4) is 0 Å². The zero-order valence-corrected chi connectivity index (χ0v) is 18.6. The van der Waals surface area contributed by atoms with E-state index in [1.165, 1.54) is 0 Å². The first-order valence-electron chi connectivity index (χ1n) is 11.1. The van der Waals surface area contributed by atoms with E-state index in [2.05, 4.69) is 32.5 Å². The summed E-state index contributed by atoms with van der Waals surface area (Å²) < 4.78 is 1.85. The Kier molecular flexibility index (Phi) is 8.61. The van der Waals surface area contributed by atoms with Crippen molar-refractivity contribution in [1.82, 2.24) is 30.2 Å². The monoisotopic (exact) mass is 426 g/mol. The van der Waals surface area contributed by atoms with E-state index in [4.69, 9.17) is 0 Å². The van der Waals surface area contributed by atoms with Gasteiger partial charge in [-0.3, -0.25) is 19.4 Å². The summed E-state index contributed by atoms with van der Waals surface area (Å²) in [7, 11) is 0. The highest BCUT2D eigenvalue weighted by atomic mass is 16.2. The highest BCUT2D eigenvalue weighted by molar-refractivity contribution is 5.78. The number of amides is 2. The topological polar surface area (TPSA) is 82.5 Å². The van der Waals surface area contributed by atoms with Crippen LogP contribution in [0, 0.1) is 0 Å². The number of nitrogens with one attached hydrogen (secondary N) is 2. The maximum absolute atomic E-state index is 12.3. The van der Waals surface area contributed by atoms with E-state index >= 15 is 0 Å². The lowest BCUT2D eigenvalue weighted by molar-refractivity contribution is -0.125. The SMILES string of the molecule is CCC(C)NC(=O)CN1CCN(CC(=O)NCCc2cnn(-c3ccccc3)c2)CC1. The van der Waals surface area contributed by atoms with Crippen LogP contribution in [-0.4, -0.2) is 83.2 Å². The summed E-state index contributed by atoms with van der Waals surface area (Å²) in [4.78, 5) is 28.6. The summed E-state index contributed by atoms with van der Waals surface area (Å²) in [5.74, 6) is 0.120. The van der Waals surface area contributed by atoms with Crippen LogP contribution in [0.1, 0.15) is 25.8 Å². The number of hydrogen-bond donors (Lipinski definition) is 2. The van der Waals surface area contributed by atoms with Gasteiger partial charge in [-0.05, 0) is 37.5 Å². The summed E-state index contributed by atoms with van der Waals surface area (Å²) in [5.41, 5.74) is 2.11. The quantitative estimate of drug-likeness (QED) is 0.594. The number of nitrogens with zero attached hydrogens (tertiary/aromatic N) is 4. The maximum atomic E-state index is 12.3. The van der Waals surface area contributed by atoms with E-state index in [1.807, 2.05) is 54.3 Å². The summed E-state index contributed by atoms with van der Waals surface area (Å²) in [6, 6.07) is 10.2. The number of carbonyl (C=O) groups is 2. The Morgan fingerprint density at radius 1 is 1.03 bits per heavy atom. The molecule has 2 N–H and O–H groups in total. The molecule has 1 atom stereocenters. The molecule has 1 aromatic carbocycles. The van der Waals surface area contributed by atoms with Gasteiger partial charge < -0.3 is 10.6 Å². The Bertz CT molecular complexity index is 830. The molecule has 31 heavy (non-hydrogen) atoms. The number of piperazine rings is 1. The summed E-state index contributed by atoms with van der Waals surface area (Å²) >= 11 is 0. The third kappa shape index (κ3) is 7.48. The second-order valence-electron chi connectivity index (χ2n) is 8.16. The van der Waals surface area contributed by atoms with Gasteiger partial charge in [-0.2, -0.15) is 5.10 Å². The van der Waals surface area contributed by atoms with Gasteiger partial charge in [0.2, 0.25) is 11.8 Å². The van der Waals surface area contributed by atoms with Crippen molar-refractivity contribution in [2.45, 2.75) is 32.7 Å². The van der Waals surface area contributed by atoms with E-state index in [9.17, 15) is 9.59 Å². The first-order valence-corrected chi connectivity index (χ1v) is 11.1. The van der Waals surface area contributed by atoms with Crippen molar-refractivity contribution >= 4 is 11.8 Å². The van der Waals surface area contributed by atoms with Gasteiger partial charge in [-0.1, -0.05) is 25.1 Å². The molecule has 1 aromatic heterocycles. The Hall–Kier alpha value is -2.71. The van der Waals surface area contributed by atoms with E-state index in [0.717, 1.165) is 50.3 Å². The number of hydrogen-bond acceptors (Lipinski definition) is 5. The number of benzene rings is 1. The third-order valence-corrected chi connectivity index (χ3v) is 5.61. The van der Waals surface area contributed by atoms with Crippen molar-refractivity contribution in [3.63, 3.8) is 0 Å². The molecule has 0 aliphatic carbocycles. The average molecular weight is 427 g/mol. The van der Waals surface area contributed by atoms with Gasteiger partial charge in [0.25, 0.3) is 0 Å². The molecule has 2 aromatic rings. The molecular formula is C23H34N6O2.